The van der Waals surface area contributed by atoms with Crippen molar-refractivity contribution in [2.45, 2.75) is 39.1 Å². The van der Waals surface area contributed by atoms with Crippen LogP contribution in [-0.4, -0.2) is 56.8 Å². The average molecular weight is 587 g/mol. The molecule has 0 fully saturated rings. The third kappa shape index (κ3) is 8.08. The quantitative estimate of drug-likeness (QED) is 0.295. The summed E-state index contributed by atoms with van der Waals surface area (Å²) in [7, 11) is 4.26. The third-order valence-electron chi connectivity index (χ3n) is 6.21. The highest BCUT2D eigenvalue weighted by Crippen LogP contribution is 2.36. The Labute approximate surface area is 241 Å². The zero-order valence-corrected chi connectivity index (χ0v) is 23.9. The molecule has 1 aromatic heterocycles. The van der Waals surface area contributed by atoms with Crippen molar-refractivity contribution in [3.63, 3.8) is 0 Å². The van der Waals surface area contributed by atoms with Gasteiger partial charge in [0.05, 0.1) is 20.3 Å². The Morgan fingerprint density at radius 2 is 1.48 bits per heavy atom. The Morgan fingerprint density at radius 3 is 1.98 bits per heavy atom. The number of nitrogens with one attached hydrogen (secondary N) is 1. The van der Waals surface area contributed by atoms with E-state index in [0.29, 0.717) is 22.3 Å². The molecule has 1 heterocycles. The molecular formula is C30H32F2N2O8. The summed E-state index contributed by atoms with van der Waals surface area (Å²) in [5, 5.41) is 2.40. The van der Waals surface area contributed by atoms with Gasteiger partial charge in [-0.1, -0.05) is 12.1 Å². The van der Waals surface area contributed by atoms with Crippen LogP contribution in [0.4, 0.5) is 8.78 Å². The average Bonchev–Trinajstić information content (AvgIpc) is 2.94. The van der Waals surface area contributed by atoms with E-state index in [-0.39, 0.29) is 30.4 Å². The van der Waals surface area contributed by atoms with E-state index in [4.69, 9.17) is 23.7 Å². The Morgan fingerprint density at radius 1 is 0.905 bits per heavy atom. The number of hydrogen-bond acceptors (Lipinski definition) is 9. The summed E-state index contributed by atoms with van der Waals surface area (Å²) in [5.41, 5.74) is 1.94. The number of halogens is 2. The standard InChI is InChI=1S/C30H32F2N2O8/c1-17(41-26(36)14-34-30(37)28-29(42-18(2)35)25(40-5)10-11-33-28)27(23-8-6-21(31)12-19(23)15-38-3)24-9-7-22(32)13-20(24)16-39-4/h6-13,17,27H,14-16H2,1-5H3,(H,34,37). The van der Waals surface area contributed by atoms with Crippen LogP contribution in [0, 0.1) is 11.6 Å². The van der Waals surface area contributed by atoms with Gasteiger partial charge < -0.3 is 29.0 Å². The number of carbonyl (C=O) groups is 3. The maximum atomic E-state index is 14.2. The maximum absolute atomic E-state index is 14.2. The molecule has 2 aromatic carbocycles. The molecule has 0 aliphatic carbocycles. The number of carbonyl (C=O) groups excluding carboxylic acids is 3. The van der Waals surface area contributed by atoms with Crippen LogP contribution in [0.2, 0.25) is 0 Å². The molecular weight excluding hydrogens is 554 g/mol. The fraction of sp³-hybridized carbons (Fsp3) is 0.333. The molecule has 0 saturated carbocycles. The molecule has 0 aliphatic heterocycles. The summed E-state index contributed by atoms with van der Waals surface area (Å²) >= 11 is 0. The van der Waals surface area contributed by atoms with Gasteiger partial charge >= 0.3 is 11.9 Å². The molecule has 10 nitrogen and oxygen atoms in total. The summed E-state index contributed by atoms with van der Waals surface area (Å²) in [6.07, 6.45) is 0.412. The topological polar surface area (TPSA) is 122 Å². The van der Waals surface area contributed by atoms with Crippen LogP contribution >= 0.6 is 0 Å². The lowest BCUT2D eigenvalue weighted by molar-refractivity contribution is -0.147. The van der Waals surface area contributed by atoms with Crippen molar-refractivity contribution in [1.29, 1.82) is 0 Å². The molecule has 3 rings (SSSR count). The third-order valence-corrected chi connectivity index (χ3v) is 6.21. The lowest BCUT2D eigenvalue weighted by Gasteiger charge is -2.29. The number of benzene rings is 2. The van der Waals surface area contributed by atoms with Crippen molar-refractivity contribution in [3.05, 3.63) is 88.2 Å². The molecule has 0 bridgehead atoms. The Balaban J connectivity index is 1.89. The van der Waals surface area contributed by atoms with Crippen LogP contribution in [0.3, 0.4) is 0 Å². The van der Waals surface area contributed by atoms with Gasteiger partial charge in [-0.05, 0) is 53.4 Å². The second-order valence-electron chi connectivity index (χ2n) is 9.19. The number of esters is 2. The molecule has 1 unspecified atom stereocenters. The van der Waals surface area contributed by atoms with Crippen LogP contribution in [0.5, 0.6) is 11.5 Å². The van der Waals surface area contributed by atoms with Crippen molar-refractivity contribution in [2.24, 2.45) is 0 Å². The molecule has 224 valence electrons. The van der Waals surface area contributed by atoms with Crippen LogP contribution in [0.15, 0.2) is 48.7 Å². The monoisotopic (exact) mass is 586 g/mol. The Kier molecular flexibility index (Phi) is 11.5. The highest BCUT2D eigenvalue weighted by atomic mass is 19.1. The smallest absolute Gasteiger partial charge is 0.325 e. The van der Waals surface area contributed by atoms with Gasteiger partial charge in [-0.3, -0.25) is 14.4 Å². The fourth-order valence-electron chi connectivity index (χ4n) is 4.54. The number of nitrogens with zero attached hydrogens (tertiary/aromatic N) is 1. The first-order valence-corrected chi connectivity index (χ1v) is 12.8. The summed E-state index contributed by atoms with van der Waals surface area (Å²) in [6.45, 7) is 2.37. The van der Waals surface area contributed by atoms with Crippen molar-refractivity contribution < 1.29 is 46.8 Å². The van der Waals surface area contributed by atoms with Crippen LogP contribution in [0.1, 0.15) is 52.5 Å². The van der Waals surface area contributed by atoms with Crippen LogP contribution in [-0.2, 0) is 37.0 Å². The lowest BCUT2D eigenvalue weighted by atomic mass is 9.82. The Bertz CT molecular complexity index is 1380. The number of pyridine rings is 1. The molecule has 12 heteroatoms. The van der Waals surface area contributed by atoms with Crippen LogP contribution in [0.25, 0.3) is 0 Å². The van der Waals surface area contributed by atoms with E-state index in [2.05, 4.69) is 10.3 Å². The second kappa shape index (κ2) is 15.0. The highest BCUT2D eigenvalue weighted by molar-refractivity contribution is 5.98. The van der Waals surface area contributed by atoms with Gasteiger partial charge in [-0.2, -0.15) is 0 Å². The summed E-state index contributed by atoms with van der Waals surface area (Å²) in [4.78, 5) is 41.3. The first-order chi connectivity index (χ1) is 20.1. The Hall–Kier alpha value is -4.42. The fourth-order valence-corrected chi connectivity index (χ4v) is 4.54. The molecule has 1 N–H and O–H groups in total. The SMILES string of the molecule is COCc1cc(F)ccc1C(c1ccc(F)cc1COC)C(C)OC(=O)CNC(=O)c1nccc(OC)c1OC(C)=O. The molecule has 42 heavy (non-hydrogen) atoms. The maximum Gasteiger partial charge on any atom is 0.325 e. The van der Waals surface area contributed by atoms with E-state index in [1.165, 1.54) is 57.9 Å². The molecule has 1 amide bonds. The van der Waals surface area contributed by atoms with Gasteiger partial charge in [0.15, 0.2) is 11.4 Å². The first-order valence-electron chi connectivity index (χ1n) is 12.8. The van der Waals surface area contributed by atoms with Crippen molar-refractivity contribution in [1.82, 2.24) is 10.3 Å². The molecule has 0 spiro atoms. The molecule has 3 aromatic rings. The number of amides is 1. The van der Waals surface area contributed by atoms with Gasteiger partial charge in [-0.25, -0.2) is 13.8 Å². The van der Waals surface area contributed by atoms with E-state index in [0.717, 1.165) is 6.92 Å². The van der Waals surface area contributed by atoms with E-state index >= 15 is 0 Å². The first kappa shape index (κ1) is 32.1. The van der Waals surface area contributed by atoms with Gasteiger partial charge in [0.2, 0.25) is 5.75 Å². The predicted molar refractivity (Wildman–Crippen MR) is 146 cm³/mol. The summed E-state index contributed by atoms with van der Waals surface area (Å²) in [5.74, 6) is -4.05. The van der Waals surface area contributed by atoms with Gasteiger partial charge in [0.25, 0.3) is 5.91 Å². The van der Waals surface area contributed by atoms with Crippen molar-refractivity contribution in [2.75, 3.05) is 27.9 Å². The number of rotatable bonds is 13. The largest absolute Gasteiger partial charge is 0.493 e. The van der Waals surface area contributed by atoms with E-state index < -0.39 is 48.0 Å². The van der Waals surface area contributed by atoms with Crippen LogP contribution < -0.4 is 14.8 Å². The lowest BCUT2D eigenvalue weighted by Crippen LogP contribution is -2.34. The summed E-state index contributed by atoms with van der Waals surface area (Å²) in [6, 6.07) is 9.72. The number of hydrogen-bond donors (Lipinski definition) is 1. The molecule has 0 saturated heterocycles. The second-order valence-corrected chi connectivity index (χ2v) is 9.19. The highest BCUT2D eigenvalue weighted by Gasteiger charge is 2.30. The minimum absolute atomic E-state index is 0.0688. The minimum atomic E-state index is -0.872. The number of methoxy groups -OCH3 is 3. The van der Waals surface area contributed by atoms with Gasteiger partial charge in [0.1, 0.15) is 24.3 Å². The van der Waals surface area contributed by atoms with Crippen molar-refractivity contribution in [3.8, 4) is 11.5 Å². The summed E-state index contributed by atoms with van der Waals surface area (Å²) < 4.78 is 54.8. The zero-order valence-electron chi connectivity index (χ0n) is 23.9. The number of aromatic nitrogens is 1. The van der Waals surface area contributed by atoms with E-state index in [1.807, 2.05) is 0 Å². The van der Waals surface area contributed by atoms with E-state index in [1.54, 1.807) is 19.1 Å². The predicted octanol–water partition coefficient (Wildman–Crippen LogP) is 4.08. The minimum Gasteiger partial charge on any atom is -0.493 e. The zero-order chi connectivity index (χ0) is 30.8. The van der Waals surface area contributed by atoms with Gasteiger partial charge in [-0.15, -0.1) is 0 Å². The van der Waals surface area contributed by atoms with Gasteiger partial charge in [0, 0.05) is 39.3 Å². The molecule has 1 atom stereocenters. The van der Waals surface area contributed by atoms with Crippen molar-refractivity contribution >= 4 is 17.8 Å². The normalized spacial score (nSPS) is 11.6. The van der Waals surface area contributed by atoms with E-state index in [9.17, 15) is 23.2 Å². The molecule has 0 aliphatic rings. The number of ether oxygens (including phenoxy) is 5. The molecule has 0 radical (unpaired) electrons.